The van der Waals surface area contributed by atoms with E-state index >= 15 is 4.39 Å². The number of thiol groups is 1. The highest BCUT2D eigenvalue weighted by Crippen LogP contribution is 2.57. The van der Waals surface area contributed by atoms with Gasteiger partial charge in [-0.2, -0.15) is 18.1 Å². The van der Waals surface area contributed by atoms with Gasteiger partial charge in [-0.3, -0.25) is 42.9 Å². The Balaban J connectivity index is 1.05. The number of carbonyl (C=O) groups is 2. The van der Waals surface area contributed by atoms with Gasteiger partial charge in [-0.05, 0) is 12.1 Å². The zero-order valence-electron chi connectivity index (χ0n) is 29.7. The molecule has 57 heavy (non-hydrogen) atoms. The molecule has 8 atom stereocenters. The van der Waals surface area contributed by atoms with Crippen LogP contribution in [0.1, 0.15) is 43.1 Å². The lowest BCUT2D eigenvalue weighted by atomic mass is 10.1. The number of nitrogens with one attached hydrogen (secondary N) is 4. The first-order valence-electron chi connectivity index (χ1n) is 17.3. The van der Waals surface area contributed by atoms with Crippen molar-refractivity contribution in [2.45, 2.75) is 63.3 Å². The molecule has 0 spiro atoms. The third-order valence-electron chi connectivity index (χ3n) is 9.18. The van der Waals surface area contributed by atoms with Crippen molar-refractivity contribution in [2.75, 3.05) is 23.8 Å². The minimum absolute atomic E-state index is 0.0257. The van der Waals surface area contributed by atoms with Crippen LogP contribution < -0.4 is 20.9 Å². The van der Waals surface area contributed by atoms with Crippen molar-refractivity contribution in [3.05, 3.63) is 65.2 Å². The summed E-state index contributed by atoms with van der Waals surface area (Å²) in [7, 11) is -4.68. The number of ether oxygens (including phenoxy) is 2. The summed E-state index contributed by atoms with van der Waals surface area (Å²) in [5.41, 5.74) is -0.432. The average Bonchev–Trinajstić information content (AvgIpc) is 3.95. The van der Waals surface area contributed by atoms with Gasteiger partial charge in [0, 0.05) is 24.4 Å². The number of anilines is 2. The quantitative estimate of drug-likeness (QED) is 0.121. The van der Waals surface area contributed by atoms with Crippen molar-refractivity contribution >= 4 is 75.3 Å². The minimum Gasteiger partial charge on any atom is -0.349 e. The molecule has 0 aliphatic carbocycles. The van der Waals surface area contributed by atoms with E-state index in [4.69, 9.17) is 22.7 Å². The molecule has 3 fully saturated rings. The van der Waals surface area contributed by atoms with Crippen LogP contribution in [-0.2, 0) is 42.4 Å². The van der Waals surface area contributed by atoms with E-state index < -0.39 is 96.6 Å². The second kappa shape index (κ2) is 15.2. The SMILES string of the molecule is CC(C)C(=O)Nc1nc2c(ncn2[C@@H]2O[C@@H]3CO[P@](=O)(S)O[C@H]4[C@@H](F)[C@H](n5cnc6c(NC(=O)c7ccccc7)ncnc65)O[C@@H]4CNS(=O)(=O)O[C@@H]2C3)c(=O)[nH]1. The summed E-state index contributed by atoms with van der Waals surface area (Å²) in [5.74, 6) is -1.51. The Morgan fingerprint density at radius 2 is 1.74 bits per heavy atom. The van der Waals surface area contributed by atoms with Gasteiger partial charge >= 0.3 is 17.1 Å². The van der Waals surface area contributed by atoms with Gasteiger partial charge in [-0.15, -0.1) is 0 Å². The van der Waals surface area contributed by atoms with E-state index in [2.05, 4.69) is 57.5 Å². The lowest BCUT2D eigenvalue weighted by Crippen LogP contribution is -2.41. The minimum atomic E-state index is -4.68. The van der Waals surface area contributed by atoms with Crippen molar-refractivity contribution < 1.29 is 49.7 Å². The van der Waals surface area contributed by atoms with Gasteiger partial charge in [-0.25, -0.2) is 33.1 Å². The standard InChI is InChI=1S/C31H33FN11O11PS2/c1-14(2)26(44)40-31-39-25-21(28(46)41-31)36-13-43(25)29-17-8-16(51-29)10-50-55(47,56)53-22-18(9-37-57(48,49)54-17)52-30(19(22)32)42-12-35-20-23(33-11-34-24(20)42)38-27(45)15-6-4-3-5-7-15/h3-7,11-14,16-19,22,29-30,37H,8-10H2,1-2H3,(H,47,56)(H,33,34,38,45)(H2,39,40,41,44,46)/t16-,17+,18+,19+,22+,29+,30+,55-/m0/s1. The number of carbonyl (C=O) groups excluding carboxylic acids is 2. The van der Waals surface area contributed by atoms with Crippen LogP contribution >= 0.6 is 19.0 Å². The summed E-state index contributed by atoms with van der Waals surface area (Å²) in [6.45, 7) is -2.27. The highest BCUT2D eigenvalue weighted by atomic mass is 32.7. The number of imidazole rings is 2. The van der Waals surface area contributed by atoms with E-state index in [0.717, 1.165) is 6.33 Å². The molecule has 0 unspecified atom stereocenters. The zero-order valence-corrected chi connectivity index (χ0v) is 32.3. The Bertz CT molecular complexity index is 2580. The van der Waals surface area contributed by atoms with Gasteiger partial charge in [0.1, 0.15) is 24.6 Å². The topological polar surface area (TPSA) is 275 Å². The number of amides is 2. The molecule has 3 aliphatic heterocycles. The first-order valence-corrected chi connectivity index (χ1v) is 21.4. The number of alkyl halides is 1. The van der Waals surface area contributed by atoms with E-state index in [0.29, 0.717) is 5.56 Å². The molecule has 5 aromatic rings. The van der Waals surface area contributed by atoms with Crippen LogP contribution in [-0.4, -0.2) is 103 Å². The fourth-order valence-electron chi connectivity index (χ4n) is 6.44. The third kappa shape index (κ3) is 7.93. The Hall–Kier alpha value is -4.72. The summed E-state index contributed by atoms with van der Waals surface area (Å²) < 4.78 is 90.3. The summed E-state index contributed by atoms with van der Waals surface area (Å²) in [5, 5.41) is 5.15. The monoisotopic (exact) mass is 849 g/mol. The summed E-state index contributed by atoms with van der Waals surface area (Å²) in [6.07, 6.45) is -7.09. The van der Waals surface area contributed by atoms with Gasteiger partial charge in [0.2, 0.25) is 11.9 Å². The largest absolute Gasteiger partial charge is 0.386 e. The van der Waals surface area contributed by atoms with Crippen LogP contribution in [0.4, 0.5) is 16.2 Å². The fourth-order valence-corrected chi connectivity index (χ4v) is 8.87. The number of rotatable bonds is 6. The number of H-pyrrole nitrogens is 1. The zero-order chi connectivity index (χ0) is 40.2. The predicted octanol–water partition coefficient (Wildman–Crippen LogP) is 2.00. The number of aromatic nitrogens is 8. The lowest BCUT2D eigenvalue weighted by molar-refractivity contribution is -0.118. The Morgan fingerprint density at radius 1 is 1.00 bits per heavy atom. The smallest absolute Gasteiger partial charge is 0.349 e. The number of hydrogen-bond donors (Lipinski definition) is 5. The molecule has 22 nitrogen and oxygen atoms in total. The van der Waals surface area contributed by atoms with Gasteiger partial charge in [0.05, 0.1) is 25.4 Å². The first-order chi connectivity index (χ1) is 27.2. The van der Waals surface area contributed by atoms with Gasteiger partial charge < -0.3 is 14.8 Å². The van der Waals surface area contributed by atoms with Crippen molar-refractivity contribution in [3.8, 4) is 0 Å². The van der Waals surface area contributed by atoms with Crippen molar-refractivity contribution in [2.24, 2.45) is 5.92 Å². The molecule has 2 amide bonds. The van der Waals surface area contributed by atoms with Gasteiger partial charge in [0.15, 0.2) is 46.8 Å². The molecule has 0 radical (unpaired) electrons. The molecule has 4 N–H and O–H groups in total. The molecule has 1 aromatic carbocycles. The van der Waals surface area contributed by atoms with E-state index in [1.807, 2.05) is 0 Å². The summed E-state index contributed by atoms with van der Waals surface area (Å²) in [6, 6.07) is 8.33. The number of halogens is 1. The average molecular weight is 850 g/mol. The number of aromatic amines is 1. The van der Waals surface area contributed by atoms with E-state index in [-0.39, 0.29) is 40.5 Å². The Morgan fingerprint density at radius 3 is 2.49 bits per heavy atom. The fraction of sp³-hybridized carbons (Fsp3) is 0.419. The lowest BCUT2D eigenvalue weighted by Gasteiger charge is -2.25. The molecular weight excluding hydrogens is 817 g/mol. The van der Waals surface area contributed by atoms with Crippen LogP contribution in [0.25, 0.3) is 22.3 Å². The van der Waals surface area contributed by atoms with E-state index in [1.165, 1.54) is 21.8 Å². The number of fused-ring (bicyclic) bond motifs is 5. The first kappa shape index (κ1) is 39.1. The van der Waals surface area contributed by atoms with Crippen molar-refractivity contribution in [1.82, 2.24) is 43.8 Å². The maximum atomic E-state index is 16.4. The van der Waals surface area contributed by atoms with E-state index in [9.17, 15) is 27.4 Å². The van der Waals surface area contributed by atoms with Crippen LogP contribution in [0, 0.1) is 5.92 Å². The molecule has 302 valence electrons. The van der Waals surface area contributed by atoms with Gasteiger partial charge in [0.25, 0.3) is 11.5 Å². The molecule has 3 saturated heterocycles. The Kier molecular flexibility index (Phi) is 10.4. The molecule has 2 bridgehead atoms. The molecule has 26 heteroatoms. The van der Waals surface area contributed by atoms with Crippen LogP contribution in [0.15, 0.2) is 54.1 Å². The number of nitrogens with zero attached hydrogens (tertiary/aromatic N) is 7. The molecular formula is C31H33FN11O11PS2. The molecule has 3 aliphatic rings. The predicted molar refractivity (Wildman–Crippen MR) is 198 cm³/mol. The highest BCUT2D eigenvalue weighted by molar-refractivity contribution is 8.44. The van der Waals surface area contributed by atoms with E-state index in [1.54, 1.807) is 44.2 Å². The molecule has 7 heterocycles. The second-order valence-corrected chi connectivity index (χ2v) is 17.7. The van der Waals surface area contributed by atoms with Crippen LogP contribution in [0.5, 0.6) is 0 Å². The van der Waals surface area contributed by atoms with Crippen LogP contribution in [0.2, 0.25) is 0 Å². The third-order valence-corrected chi connectivity index (χ3v) is 11.8. The van der Waals surface area contributed by atoms with Gasteiger partial charge in [-0.1, -0.05) is 44.3 Å². The summed E-state index contributed by atoms with van der Waals surface area (Å²) >= 11 is 4.08. The van der Waals surface area contributed by atoms with Crippen molar-refractivity contribution in [1.29, 1.82) is 0 Å². The molecule has 0 saturated carbocycles. The highest BCUT2D eigenvalue weighted by Gasteiger charge is 2.51. The maximum absolute atomic E-state index is 16.4. The number of benzene rings is 1. The van der Waals surface area contributed by atoms with Crippen molar-refractivity contribution in [3.63, 3.8) is 0 Å². The van der Waals surface area contributed by atoms with Crippen LogP contribution in [0.3, 0.4) is 0 Å². The second-order valence-electron chi connectivity index (χ2n) is 13.4. The number of hydrogen-bond acceptors (Lipinski definition) is 16. The Labute approximate surface area is 326 Å². The maximum Gasteiger partial charge on any atom is 0.386 e. The molecule has 4 aromatic heterocycles. The summed E-state index contributed by atoms with van der Waals surface area (Å²) in [4.78, 5) is 61.4. The normalized spacial score (nSPS) is 29.0. The molecule has 8 rings (SSSR count).